The number of nitrogens with one attached hydrogen (secondary N) is 1. The van der Waals surface area contributed by atoms with Gasteiger partial charge in [-0.1, -0.05) is 32.0 Å². The van der Waals surface area contributed by atoms with Gasteiger partial charge in [0.15, 0.2) is 0 Å². The lowest BCUT2D eigenvalue weighted by molar-refractivity contribution is 0.0944. The Bertz CT molecular complexity index is 678. The molecule has 1 amide bonds. The van der Waals surface area contributed by atoms with Crippen LogP contribution in [0.4, 0.5) is 0 Å². The highest BCUT2D eigenvalue weighted by atomic mass is 32.2. The van der Waals surface area contributed by atoms with Crippen LogP contribution in [-0.2, 0) is 0 Å². The number of ether oxygens (including phenoxy) is 1. The number of carbonyl (C=O) groups is 1. The zero-order valence-electron chi connectivity index (χ0n) is 14.8. The molecule has 2 rings (SSSR count). The van der Waals surface area contributed by atoms with Crippen LogP contribution in [0.15, 0.2) is 47.4 Å². The predicted octanol–water partition coefficient (Wildman–Crippen LogP) is 4.61. The minimum atomic E-state index is -0.0530. The van der Waals surface area contributed by atoms with Crippen molar-refractivity contribution in [2.24, 2.45) is 0 Å². The Balaban J connectivity index is 1.87. The third-order valence-electron chi connectivity index (χ3n) is 3.35. The third-order valence-corrected chi connectivity index (χ3v) is 4.43. The first-order valence-electron chi connectivity index (χ1n) is 8.20. The summed E-state index contributed by atoms with van der Waals surface area (Å²) in [4.78, 5) is 13.4. The van der Waals surface area contributed by atoms with Gasteiger partial charge < -0.3 is 10.1 Å². The van der Waals surface area contributed by atoms with Crippen LogP contribution in [0.5, 0.6) is 5.75 Å². The molecule has 0 radical (unpaired) electrons. The zero-order chi connectivity index (χ0) is 17.5. The Morgan fingerprint density at radius 3 is 2.46 bits per heavy atom. The minimum Gasteiger partial charge on any atom is -0.492 e. The average Bonchev–Trinajstić information content (AvgIpc) is 2.50. The Hall–Kier alpha value is -1.94. The molecule has 0 aromatic heterocycles. The van der Waals surface area contributed by atoms with Crippen molar-refractivity contribution in [3.63, 3.8) is 0 Å². The van der Waals surface area contributed by atoms with Crippen LogP contribution < -0.4 is 10.1 Å². The molecule has 3 nitrogen and oxygen atoms in total. The van der Waals surface area contributed by atoms with E-state index in [-0.39, 0.29) is 5.91 Å². The van der Waals surface area contributed by atoms with Crippen molar-refractivity contribution in [1.29, 1.82) is 0 Å². The molecule has 0 bridgehead atoms. The van der Waals surface area contributed by atoms with E-state index >= 15 is 0 Å². The van der Waals surface area contributed by atoms with E-state index in [4.69, 9.17) is 4.74 Å². The smallest absolute Gasteiger partial charge is 0.252 e. The lowest BCUT2D eigenvalue weighted by atomic mass is 10.1. The fourth-order valence-corrected chi connectivity index (χ4v) is 3.41. The number of hydrogen-bond donors (Lipinski definition) is 1. The van der Waals surface area contributed by atoms with Crippen molar-refractivity contribution >= 4 is 17.7 Å². The molecule has 0 aliphatic carbocycles. The van der Waals surface area contributed by atoms with Crippen molar-refractivity contribution in [1.82, 2.24) is 5.32 Å². The summed E-state index contributed by atoms with van der Waals surface area (Å²) in [7, 11) is 0. The van der Waals surface area contributed by atoms with E-state index in [1.807, 2.05) is 50.2 Å². The van der Waals surface area contributed by atoms with E-state index in [2.05, 4.69) is 25.2 Å². The van der Waals surface area contributed by atoms with E-state index in [0.717, 1.165) is 16.2 Å². The van der Waals surface area contributed by atoms with Crippen LogP contribution in [0.3, 0.4) is 0 Å². The van der Waals surface area contributed by atoms with Crippen molar-refractivity contribution in [2.75, 3.05) is 13.2 Å². The first-order valence-corrected chi connectivity index (χ1v) is 9.08. The largest absolute Gasteiger partial charge is 0.492 e. The summed E-state index contributed by atoms with van der Waals surface area (Å²) in [6, 6.07) is 13.8. The third kappa shape index (κ3) is 5.60. The SMILES string of the molecule is Cc1cc(C)cc(OCCNC(=O)c2ccccc2SC(C)C)c1. The molecule has 4 heteroatoms. The predicted molar refractivity (Wildman–Crippen MR) is 101 cm³/mol. The molecule has 0 saturated carbocycles. The first-order chi connectivity index (χ1) is 11.5. The zero-order valence-corrected chi connectivity index (χ0v) is 15.6. The highest BCUT2D eigenvalue weighted by molar-refractivity contribution is 8.00. The number of hydrogen-bond acceptors (Lipinski definition) is 3. The second kappa shape index (κ2) is 8.78. The molecule has 1 N–H and O–H groups in total. The molecule has 0 fully saturated rings. The van der Waals surface area contributed by atoms with Crippen molar-refractivity contribution < 1.29 is 9.53 Å². The van der Waals surface area contributed by atoms with Gasteiger partial charge in [0.05, 0.1) is 12.1 Å². The summed E-state index contributed by atoms with van der Waals surface area (Å²) in [5.41, 5.74) is 3.07. The molecule has 2 aromatic rings. The fraction of sp³-hybridized carbons (Fsp3) is 0.350. The first kappa shape index (κ1) is 18.4. The average molecular weight is 343 g/mol. The summed E-state index contributed by atoms with van der Waals surface area (Å²) in [6.07, 6.45) is 0. The normalized spacial score (nSPS) is 10.7. The summed E-state index contributed by atoms with van der Waals surface area (Å²) in [5, 5.41) is 3.37. The van der Waals surface area contributed by atoms with Gasteiger partial charge in [-0.25, -0.2) is 0 Å². The molecule has 128 valence electrons. The fourth-order valence-electron chi connectivity index (χ4n) is 2.46. The van der Waals surface area contributed by atoms with Gasteiger partial charge in [0.1, 0.15) is 12.4 Å². The van der Waals surface area contributed by atoms with E-state index in [1.54, 1.807) is 11.8 Å². The Morgan fingerprint density at radius 2 is 1.79 bits per heavy atom. The molecule has 0 atom stereocenters. The molecule has 0 heterocycles. The Kier molecular flexibility index (Phi) is 6.73. The highest BCUT2D eigenvalue weighted by Gasteiger charge is 2.11. The molecule has 0 aliphatic rings. The lowest BCUT2D eigenvalue weighted by Gasteiger charge is -2.12. The van der Waals surface area contributed by atoms with E-state index < -0.39 is 0 Å². The maximum Gasteiger partial charge on any atom is 0.252 e. The van der Waals surface area contributed by atoms with Gasteiger partial charge in [0.2, 0.25) is 0 Å². The topological polar surface area (TPSA) is 38.3 Å². The van der Waals surface area contributed by atoms with Crippen LogP contribution in [0.25, 0.3) is 0 Å². The van der Waals surface area contributed by atoms with Gasteiger partial charge in [0.25, 0.3) is 5.91 Å². The second-order valence-corrected chi connectivity index (χ2v) is 7.71. The Labute approximate surface area is 148 Å². The van der Waals surface area contributed by atoms with Gasteiger partial charge in [-0.3, -0.25) is 4.79 Å². The molecule has 0 spiro atoms. The molecule has 0 unspecified atom stereocenters. The van der Waals surface area contributed by atoms with E-state index in [1.165, 1.54) is 11.1 Å². The van der Waals surface area contributed by atoms with E-state index in [9.17, 15) is 4.79 Å². The van der Waals surface area contributed by atoms with Crippen LogP contribution >= 0.6 is 11.8 Å². The van der Waals surface area contributed by atoms with Crippen LogP contribution in [0.2, 0.25) is 0 Å². The van der Waals surface area contributed by atoms with Crippen LogP contribution in [-0.4, -0.2) is 24.3 Å². The maximum atomic E-state index is 12.4. The summed E-state index contributed by atoms with van der Waals surface area (Å²) in [6.45, 7) is 9.27. The summed E-state index contributed by atoms with van der Waals surface area (Å²) in [5.74, 6) is 0.792. The maximum absolute atomic E-state index is 12.4. The number of carbonyl (C=O) groups excluding carboxylic acids is 1. The minimum absolute atomic E-state index is 0.0530. The summed E-state index contributed by atoms with van der Waals surface area (Å²) < 4.78 is 5.73. The summed E-state index contributed by atoms with van der Waals surface area (Å²) >= 11 is 1.70. The Morgan fingerprint density at radius 1 is 1.12 bits per heavy atom. The standard InChI is InChI=1S/C20H25NO2S/c1-14(2)24-19-8-6-5-7-18(19)20(22)21-9-10-23-17-12-15(3)11-16(4)13-17/h5-8,11-14H,9-10H2,1-4H3,(H,21,22). The van der Waals surface area contributed by atoms with Gasteiger partial charge in [-0.2, -0.15) is 0 Å². The van der Waals surface area contributed by atoms with Crippen LogP contribution in [0, 0.1) is 13.8 Å². The number of aryl methyl sites for hydroxylation is 2. The molecular formula is C20H25NO2S. The van der Waals surface area contributed by atoms with Gasteiger partial charge >= 0.3 is 0 Å². The number of benzene rings is 2. The number of amides is 1. The second-order valence-electron chi connectivity index (χ2n) is 6.09. The van der Waals surface area contributed by atoms with Crippen molar-refractivity contribution in [3.8, 4) is 5.75 Å². The molecule has 0 saturated heterocycles. The number of thioether (sulfide) groups is 1. The number of rotatable bonds is 7. The van der Waals surface area contributed by atoms with Gasteiger partial charge in [-0.05, 0) is 49.2 Å². The molecule has 0 aliphatic heterocycles. The monoisotopic (exact) mass is 343 g/mol. The molecule has 24 heavy (non-hydrogen) atoms. The quantitative estimate of drug-likeness (QED) is 0.589. The van der Waals surface area contributed by atoms with Gasteiger partial charge in [0, 0.05) is 10.1 Å². The van der Waals surface area contributed by atoms with E-state index in [0.29, 0.717) is 18.4 Å². The van der Waals surface area contributed by atoms with Gasteiger partial charge in [-0.15, -0.1) is 11.8 Å². The van der Waals surface area contributed by atoms with Crippen LogP contribution in [0.1, 0.15) is 35.3 Å². The lowest BCUT2D eigenvalue weighted by Crippen LogP contribution is -2.28. The molecular weight excluding hydrogens is 318 g/mol. The van der Waals surface area contributed by atoms with Crippen molar-refractivity contribution in [2.45, 2.75) is 37.8 Å². The van der Waals surface area contributed by atoms with Crippen molar-refractivity contribution in [3.05, 3.63) is 59.2 Å². The molecule has 2 aromatic carbocycles. The highest BCUT2D eigenvalue weighted by Crippen LogP contribution is 2.26.